The van der Waals surface area contributed by atoms with Crippen LogP contribution in [0.3, 0.4) is 0 Å². The SMILES string of the molecule is COc1ccc(C(=O)C2CCNCC2)cc1F.[Cl-]. The lowest BCUT2D eigenvalue weighted by molar-refractivity contribution is -0.0000122. The molecule has 1 saturated heterocycles. The van der Waals surface area contributed by atoms with E-state index in [0.29, 0.717) is 5.56 Å². The Hall–Kier alpha value is -1.13. The molecule has 100 valence electrons. The topological polar surface area (TPSA) is 38.3 Å². The summed E-state index contributed by atoms with van der Waals surface area (Å²) in [6.07, 6.45) is 1.65. The summed E-state index contributed by atoms with van der Waals surface area (Å²) in [7, 11) is 1.41. The normalized spacial score (nSPS) is 15.9. The number of ketones is 1. The van der Waals surface area contributed by atoms with Crippen LogP contribution < -0.4 is 22.5 Å². The maximum absolute atomic E-state index is 13.5. The zero-order valence-electron chi connectivity index (χ0n) is 10.2. The Bertz CT molecular complexity index is 419. The fourth-order valence-electron chi connectivity index (χ4n) is 2.14. The van der Waals surface area contributed by atoms with Gasteiger partial charge in [-0.2, -0.15) is 0 Å². The maximum Gasteiger partial charge on any atom is 0.166 e. The number of carbonyl (C=O) groups excluding carboxylic acids is 1. The molecule has 1 aromatic rings. The molecule has 3 nitrogen and oxygen atoms in total. The average Bonchev–Trinajstić information content (AvgIpc) is 2.39. The third-order valence-corrected chi connectivity index (χ3v) is 3.15. The van der Waals surface area contributed by atoms with Crippen LogP contribution in [-0.2, 0) is 0 Å². The second-order valence-electron chi connectivity index (χ2n) is 4.24. The van der Waals surface area contributed by atoms with E-state index in [0.717, 1.165) is 25.9 Å². The van der Waals surface area contributed by atoms with Crippen LogP contribution in [0, 0.1) is 11.7 Å². The third-order valence-electron chi connectivity index (χ3n) is 3.15. The van der Waals surface area contributed by atoms with Gasteiger partial charge >= 0.3 is 0 Å². The van der Waals surface area contributed by atoms with Gasteiger partial charge in [-0.05, 0) is 44.1 Å². The number of Topliss-reactive ketones (excluding diaryl/α,β-unsaturated/α-hetero) is 1. The molecule has 1 aromatic carbocycles. The molecule has 0 radical (unpaired) electrons. The zero-order valence-corrected chi connectivity index (χ0v) is 11.0. The first-order valence-corrected chi connectivity index (χ1v) is 5.81. The number of hydrogen-bond acceptors (Lipinski definition) is 3. The molecule has 0 unspecified atom stereocenters. The van der Waals surface area contributed by atoms with Gasteiger partial charge < -0.3 is 22.5 Å². The number of piperidine rings is 1. The van der Waals surface area contributed by atoms with E-state index in [9.17, 15) is 9.18 Å². The Morgan fingerprint density at radius 3 is 2.61 bits per heavy atom. The largest absolute Gasteiger partial charge is 1.00 e. The zero-order chi connectivity index (χ0) is 12.3. The Kier molecular flexibility index (Phi) is 5.56. The molecule has 0 spiro atoms. The van der Waals surface area contributed by atoms with Crippen molar-refractivity contribution >= 4 is 5.78 Å². The molecule has 1 heterocycles. The second-order valence-corrected chi connectivity index (χ2v) is 4.24. The van der Waals surface area contributed by atoms with E-state index < -0.39 is 5.82 Å². The first kappa shape index (κ1) is 14.9. The van der Waals surface area contributed by atoms with Crippen molar-refractivity contribution in [1.82, 2.24) is 5.32 Å². The lowest BCUT2D eigenvalue weighted by atomic mass is 9.89. The summed E-state index contributed by atoms with van der Waals surface area (Å²) in [5.41, 5.74) is 0.440. The number of halogens is 2. The van der Waals surface area contributed by atoms with Gasteiger partial charge in [0, 0.05) is 11.5 Å². The first-order valence-electron chi connectivity index (χ1n) is 5.81. The molecule has 1 fully saturated rings. The fourth-order valence-corrected chi connectivity index (χ4v) is 2.14. The van der Waals surface area contributed by atoms with Gasteiger partial charge in [0.15, 0.2) is 17.3 Å². The predicted molar refractivity (Wildman–Crippen MR) is 62.9 cm³/mol. The number of methoxy groups -OCH3 is 1. The van der Waals surface area contributed by atoms with Crippen molar-refractivity contribution in [3.63, 3.8) is 0 Å². The Morgan fingerprint density at radius 2 is 2.06 bits per heavy atom. The van der Waals surface area contributed by atoms with Crippen LogP contribution in [0.1, 0.15) is 23.2 Å². The molecule has 2 rings (SSSR count). The van der Waals surface area contributed by atoms with Gasteiger partial charge in [0.2, 0.25) is 0 Å². The number of hydrogen-bond donors (Lipinski definition) is 1. The van der Waals surface area contributed by atoms with Gasteiger partial charge in [0.05, 0.1) is 7.11 Å². The van der Waals surface area contributed by atoms with Gasteiger partial charge in [-0.25, -0.2) is 4.39 Å². The van der Waals surface area contributed by atoms with E-state index in [1.807, 2.05) is 0 Å². The monoisotopic (exact) mass is 272 g/mol. The highest BCUT2D eigenvalue weighted by Crippen LogP contribution is 2.22. The minimum atomic E-state index is -0.479. The van der Waals surface area contributed by atoms with Crippen molar-refractivity contribution in [2.75, 3.05) is 20.2 Å². The summed E-state index contributed by atoms with van der Waals surface area (Å²) in [6, 6.07) is 4.40. The minimum Gasteiger partial charge on any atom is -1.00 e. The van der Waals surface area contributed by atoms with Crippen LogP contribution in [0.2, 0.25) is 0 Å². The van der Waals surface area contributed by atoms with E-state index in [1.54, 1.807) is 6.07 Å². The molecular weight excluding hydrogens is 257 g/mol. The number of benzene rings is 1. The number of carbonyl (C=O) groups is 1. The third kappa shape index (κ3) is 3.21. The van der Waals surface area contributed by atoms with Crippen molar-refractivity contribution in [2.45, 2.75) is 12.8 Å². The molecule has 0 saturated carbocycles. The van der Waals surface area contributed by atoms with E-state index >= 15 is 0 Å². The van der Waals surface area contributed by atoms with E-state index in [1.165, 1.54) is 19.2 Å². The summed E-state index contributed by atoms with van der Waals surface area (Å²) in [5.74, 6) is -0.253. The van der Waals surface area contributed by atoms with Gasteiger partial charge in [-0.3, -0.25) is 4.79 Å². The van der Waals surface area contributed by atoms with Crippen molar-refractivity contribution < 1.29 is 26.3 Å². The van der Waals surface area contributed by atoms with E-state index in [4.69, 9.17) is 4.74 Å². The van der Waals surface area contributed by atoms with Crippen LogP contribution in [0.4, 0.5) is 4.39 Å². The Balaban J connectivity index is 0.00000162. The smallest absolute Gasteiger partial charge is 0.166 e. The van der Waals surface area contributed by atoms with Crippen molar-refractivity contribution in [3.8, 4) is 5.75 Å². The molecule has 1 aliphatic heterocycles. The molecule has 0 bridgehead atoms. The van der Waals surface area contributed by atoms with Crippen LogP contribution in [0.25, 0.3) is 0 Å². The number of ether oxygens (including phenoxy) is 1. The van der Waals surface area contributed by atoms with Crippen molar-refractivity contribution in [1.29, 1.82) is 0 Å². The molecule has 0 amide bonds. The molecule has 1 N–H and O–H groups in total. The van der Waals surface area contributed by atoms with Gasteiger partial charge in [0.1, 0.15) is 0 Å². The van der Waals surface area contributed by atoms with Gasteiger partial charge in [-0.1, -0.05) is 0 Å². The highest BCUT2D eigenvalue weighted by molar-refractivity contribution is 5.98. The number of rotatable bonds is 3. The van der Waals surface area contributed by atoms with Crippen LogP contribution >= 0.6 is 0 Å². The Morgan fingerprint density at radius 1 is 1.39 bits per heavy atom. The highest BCUT2D eigenvalue weighted by Gasteiger charge is 2.22. The van der Waals surface area contributed by atoms with Crippen molar-refractivity contribution in [3.05, 3.63) is 29.6 Å². The minimum absolute atomic E-state index is 0. The first-order chi connectivity index (χ1) is 8.22. The summed E-state index contributed by atoms with van der Waals surface area (Å²) in [6.45, 7) is 1.71. The standard InChI is InChI=1S/C13H16FNO2.ClH/c1-17-12-3-2-10(8-11(12)14)13(16)9-4-6-15-7-5-9;/h2-3,8-9,15H,4-7H2,1H3;1H/p-1. The number of nitrogens with one attached hydrogen (secondary N) is 1. The summed E-state index contributed by atoms with van der Waals surface area (Å²) < 4.78 is 18.3. The summed E-state index contributed by atoms with van der Waals surface area (Å²) in [4.78, 5) is 12.1. The van der Waals surface area contributed by atoms with Crippen LogP contribution in [0.5, 0.6) is 5.75 Å². The Labute approximate surface area is 112 Å². The van der Waals surface area contributed by atoms with Crippen molar-refractivity contribution in [2.24, 2.45) is 5.92 Å². The molecule has 0 aromatic heterocycles. The maximum atomic E-state index is 13.5. The van der Waals surface area contributed by atoms with Crippen LogP contribution in [-0.4, -0.2) is 26.0 Å². The molecule has 0 aliphatic carbocycles. The predicted octanol–water partition coefficient (Wildman–Crippen LogP) is -0.979. The lowest BCUT2D eigenvalue weighted by Gasteiger charge is -2.21. The molecule has 5 heteroatoms. The van der Waals surface area contributed by atoms with Crippen LogP contribution in [0.15, 0.2) is 18.2 Å². The second kappa shape index (κ2) is 6.71. The molecular formula is C13H16ClFNO2-. The van der Waals surface area contributed by atoms with E-state index in [-0.39, 0.29) is 29.9 Å². The molecule has 18 heavy (non-hydrogen) atoms. The lowest BCUT2D eigenvalue weighted by Crippen LogP contribution is -3.00. The summed E-state index contributed by atoms with van der Waals surface area (Å²) in [5, 5.41) is 3.20. The molecule has 1 aliphatic rings. The van der Waals surface area contributed by atoms with Gasteiger partial charge in [0.25, 0.3) is 0 Å². The molecule has 0 atom stereocenters. The van der Waals surface area contributed by atoms with Gasteiger partial charge in [-0.15, -0.1) is 0 Å². The average molecular weight is 273 g/mol. The summed E-state index contributed by atoms with van der Waals surface area (Å²) >= 11 is 0. The quantitative estimate of drug-likeness (QED) is 0.719. The highest BCUT2D eigenvalue weighted by atomic mass is 35.5. The van der Waals surface area contributed by atoms with E-state index in [2.05, 4.69) is 5.32 Å². The fraction of sp³-hybridized carbons (Fsp3) is 0.462.